The number of hydrogen-bond acceptors (Lipinski definition) is 5. The van der Waals surface area contributed by atoms with Gasteiger partial charge >= 0.3 is 0 Å². The first-order valence-corrected chi connectivity index (χ1v) is 6.28. The first kappa shape index (κ1) is 11.5. The average molecular weight is 241 g/mol. The molecule has 1 N–H and O–H groups in total. The van der Waals surface area contributed by atoms with Gasteiger partial charge in [0.25, 0.3) is 5.91 Å². The minimum absolute atomic E-state index is 0.0246. The van der Waals surface area contributed by atoms with E-state index in [1.165, 1.54) is 0 Å². The van der Waals surface area contributed by atoms with Crippen LogP contribution in [0.15, 0.2) is 0 Å². The van der Waals surface area contributed by atoms with Crippen molar-refractivity contribution >= 4 is 17.4 Å². The van der Waals surface area contributed by atoms with E-state index in [1.807, 2.05) is 6.92 Å². The molecule has 1 amide bonds. The number of carbonyl (C=O) groups is 1. The van der Waals surface area contributed by atoms with Crippen LogP contribution in [0, 0.1) is 0 Å². The van der Waals surface area contributed by atoms with Crippen molar-refractivity contribution in [2.75, 3.05) is 13.2 Å². The van der Waals surface area contributed by atoms with Gasteiger partial charge in [0.15, 0.2) is 0 Å². The van der Waals surface area contributed by atoms with Gasteiger partial charge in [-0.3, -0.25) is 4.79 Å². The summed E-state index contributed by atoms with van der Waals surface area (Å²) in [7, 11) is 0. The quantitative estimate of drug-likeness (QED) is 0.846. The Balaban J connectivity index is 2.18. The molecule has 0 spiro atoms. The van der Waals surface area contributed by atoms with Gasteiger partial charge in [-0.1, -0.05) is 11.4 Å². The van der Waals surface area contributed by atoms with E-state index < -0.39 is 0 Å². The summed E-state index contributed by atoms with van der Waals surface area (Å²) in [5.41, 5.74) is 0.763. The molecule has 5 nitrogen and oxygen atoms in total. The van der Waals surface area contributed by atoms with Gasteiger partial charge in [-0.15, -0.1) is 5.10 Å². The highest BCUT2D eigenvalue weighted by Crippen LogP contribution is 2.22. The largest absolute Gasteiger partial charge is 0.394 e. The lowest BCUT2D eigenvalue weighted by molar-refractivity contribution is 0.0681. The Kier molecular flexibility index (Phi) is 3.50. The van der Waals surface area contributed by atoms with Crippen LogP contribution in [-0.4, -0.2) is 44.7 Å². The maximum Gasteiger partial charge on any atom is 0.267 e. The summed E-state index contributed by atoms with van der Waals surface area (Å²) in [6.45, 7) is 2.73. The van der Waals surface area contributed by atoms with Crippen LogP contribution in [0.2, 0.25) is 0 Å². The number of carbonyl (C=O) groups excluding carboxylic acids is 1. The minimum atomic E-state index is -0.0284. The molecule has 0 aliphatic carbocycles. The van der Waals surface area contributed by atoms with Gasteiger partial charge in [-0.25, -0.2) is 0 Å². The first-order valence-electron chi connectivity index (χ1n) is 5.51. The van der Waals surface area contributed by atoms with Crippen molar-refractivity contribution in [1.82, 2.24) is 14.5 Å². The van der Waals surface area contributed by atoms with Crippen molar-refractivity contribution < 1.29 is 9.90 Å². The van der Waals surface area contributed by atoms with Crippen LogP contribution in [0.5, 0.6) is 0 Å². The van der Waals surface area contributed by atoms with Crippen molar-refractivity contribution in [3.8, 4) is 0 Å². The number of aromatic nitrogens is 2. The van der Waals surface area contributed by atoms with Crippen molar-refractivity contribution in [1.29, 1.82) is 0 Å². The Morgan fingerprint density at radius 3 is 3.19 bits per heavy atom. The highest BCUT2D eigenvalue weighted by atomic mass is 32.1. The van der Waals surface area contributed by atoms with Gasteiger partial charge in [0.1, 0.15) is 4.88 Å². The summed E-state index contributed by atoms with van der Waals surface area (Å²) in [5, 5.41) is 13.1. The molecular weight excluding hydrogens is 226 g/mol. The monoisotopic (exact) mass is 241 g/mol. The van der Waals surface area contributed by atoms with Gasteiger partial charge in [0, 0.05) is 6.54 Å². The second-order valence-electron chi connectivity index (χ2n) is 3.88. The molecule has 16 heavy (non-hydrogen) atoms. The van der Waals surface area contributed by atoms with Crippen molar-refractivity contribution in [3.05, 3.63) is 10.6 Å². The summed E-state index contributed by atoms with van der Waals surface area (Å²) >= 11 is 1.15. The van der Waals surface area contributed by atoms with Crippen LogP contribution in [0.4, 0.5) is 0 Å². The maximum absolute atomic E-state index is 12.2. The van der Waals surface area contributed by atoms with Crippen LogP contribution >= 0.6 is 11.5 Å². The third-order valence-electron chi connectivity index (χ3n) is 2.93. The highest BCUT2D eigenvalue weighted by Gasteiger charge is 2.31. The van der Waals surface area contributed by atoms with E-state index in [-0.39, 0.29) is 18.6 Å². The fraction of sp³-hybridized carbons (Fsp3) is 0.700. The minimum Gasteiger partial charge on any atom is -0.394 e. The van der Waals surface area contributed by atoms with Crippen molar-refractivity contribution in [2.24, 2.45) is 0 Å². The number of hydrogen-bond donors (Lipinski definition) is 1. The molecule has 1 aliphatic heterocycles. The molecule has 0 bridgehead atoms. The summed E-state index contributed by atoms with van der Waals surface area (Å²) in [6, 6.07) is -0.0284. The Hall–Kier alpha value is -1.01. The third kappa shape index (κ3) is 1.94. The van der Waals surface area contributed by atoms with Gasteiger partial charge in [-0.05, 0) is 30.8 Å². The number of amides is 1. The topological polar surface area (TPSA) is 66.3 Å². The van der Waals surface area contributed by atoms with Crippen LogP contribution in [0.25, 0.3) is 0 Å². The number of likely N-dealkylation sites (tertiary alicyclic amines) is 1. The van der Waals surface area contributed by atoms with Crippen molar-refractivity contribution in [2.45, 2.75) is 32.2 Å². The number of aliphatic hydroxyl groups excluding tert-OH is 1. The van der Waals surface area contributed by atoms with Gasteiger partial charge < -0.3 is 10.0 Å². The molecule has 1 atom stereocenters. The molecule has 0 saturated carbocycles. The summed E-state index contributed by atoms with van der Waals surface area (Å²) in [5.74, 6) is -0.0246. The molecule has 1 fully saturated rings. The number of aliphatic hydroxyl groups is 1. The fourth-order valence-electron chi connectivity index (χ4n) is 2.03. The summed E-state index contributed by atoms with van der Waals surface area (Å²) in [4.78, 5) is 14.6. The number of aryl methyl sites for hydroxylation is 1. The van der Waals surface area contributed by atoms with E-state index in [9.17, 15) is 9.90 Å². The Morgan fingerprint density at radius 1 is 1.69 bits per heavy atom. The van der Waals surface area contributed by atoms with E-state index >= 15 is 0 Å². The summed E-state index contributed by atoms with van der Waals surface area (Å²) in [6.07, 6.45) is 2.57. The molecule has 1 aromatic rings. The molecule has 88 valence electrons. The van der Waals surface area contributed by atoms with E-state index in [4.69, 9.17) is 0 Å². The normalized spacial score (nSPS) is 20.4. The number of rotatable bonds is 3. The van der Waals surface area contributed by atoms with E-state index in [0.29, 0.717) is 4.88 Å². The van der Waals surface area contributed by atoms with Gasteiger partial charge in [0.05, 0.1) is 18.3 Å². The van der Waals surface area contributed by atoms with Crippen LogP contribution in [0.3, 0.4) is 0 Å². The molecule has 1 aliphatic rings. The van der Waals surface area contributed by atoms with E-state index in [2.05, 4.69) is 9.59 Å². The molecule has 2 heterocycles. The predicted octanol–water partition coefficient (Wildman–Crippen LogP) is 0.697. The van der Waals surface area contributed by atoms with E-state index in [0.717, 1.165) is 43.0 Å². The molecule has 2 rings (SSSR count). The maximum atomic E-state index is 12.2. The van der Waals surface area contributed by atoms with Crippen molar-refractivity contribution in [3.63, 3.8) is 0 Å². The third-order valence-corrected chi connectivity index (χ3v) is 3.69. The zero-order valence-electron chi connectivity index (χ0n) is 9.22. The second kappa shape index (κ2) is 4.88. The average Bonchev–Trinajstić information content (AvgIpc) is 2.96. The number of nitrogens with zero attached hydrogens (tertiary/aromatic N) is 3. The molecule has 1 saturated heterocycles. The first-order chi connectivity index (χ1) is 7.77. The Bertz CT molecular complexity index is 380. The molecule has 1 aromatic heterocycles. The lowest BCUT2D eigenvalue weighted by Gasteiger charge is -2.22. The predicted molar refractivity (Wildman–Crippen MR) is 60.4 cm³/mol. The zero-order chi connectivity index (χ0) is 11.5. The smallest absolute Gasteiger partial charge is 0.267 e. The lowest BCUT2D eigenvalue weighted by Crippen LogP contribution is -2.37. The standard InChI is InChI=1S/C10H15N3O2S/c1-2-8-9(16-12-11-8)10(15)13-5-3-4-7(13)6-14/h7,14H,2-6H2,1H3/t7-/m0/s1. The molecular formula is C10H15N3O2S. The molecule has 0 radical (unpaired) electrons. The van der Waals surface area contributed by atoms with Gasteiger partial charge in [-0.2, -0.15) is 0 Å². The van der Waals surface area contributed by atoms with E-state index in [1.54, 1.807) is 4.90 Å². The second-order valence-corrected chi connectivity index (χ2v) is 4.63. The van der Waals surface area contributed by atoms with Gasteiger partial charge in [0.2, 0.25) is 0 Å². The lowest BCUT2D eigenvalue weighted by atomic mass is 10.2. The van der Waals surface area contributed by atoms with Crippen LogP contribution in [0.1, 0.15) is 35.1 Å². The Labute approximate surface area is 98.2 Å². The van der Waals surface area contributed by atoms with Crippen LogP contribution < -0.4 is 0 Å². The molecule has 0 unspecified atom stereocenters. The Morgan fingerprint density at radius 2 is 2.50 bits per heavy atom. The summed E-state index contributed by atoms with van der Waals surface area (Å²) < 4.78 is 3.82. The fourth-order valence-corrected chi connectivity index (χ4v) is 2.73. The zero-order valence-corrected chi connectivity index (χ0v) is 10.0. The SMILES string of the molecule is CCc1nnsc1C(=O)N1CCC[C@H]1CO. The highest BCUT2D eigenvalue weighted by molar-refractivity contribution is 7.08. The van der Waals surface area contributed by atoms with Crippen LogP contribution in [-0.2, 0) is 6.42 Å². The molecule has 0 aromatic carbocycles. The molecule has 6 heteroatoms.